The van der Waals surface area contributed by atoms with E-state index in [0.717, 1.165) is 22.9 Å². The fourth-order valence-electron chi connectivity index (χ4n) is 1.73. The fraction of sp³-hybridized carbons (Fsp3) is 0.417. The minimum Gasteiger partial charge on any atom is -0.334 e. The molecule has 0 spiro atoms. The van der Waals surface area contributed by atoms with Crippen molar-refractivity contribution >= 4 is 21.8 Å². The highest BCUT2D eigenvalue weighted by molar-refractivity contribution is 9.10. The van der Waals surface area contributed by atoms with Gasteiger partial charge in [-0.25, -0.2) is 0 Å². The molecule has 0 aromatic heterocycles. The van der Waals surface area contributed by atoms with Crippen LogP contribution in [0.5, 0.6) is 0 Å². The minimum atomic E-state index is 0.0976. The van der Waals surface area contributed by atoms with Gasteiger partial charge in [0.25, 0.3) is 5.91 Å². The molecule has 2 rings (SSSR count). The molecular formula is C12H15BrN2O. The first-order chi connectivity index (χ1) is 7.72. The molecule has 0 heterocycles. The summed E-state index contributed by atoms with van der Waals surface area (Å²) in [5.41, 5.74) is 6.27. The number of hydrogen-bond acceptors (Lipinski definition) is 2. The average Bonchev–Trinajstić information content (AvgIpc) is 3.10. The lowest BCUT2D eigenvalue weighted by molar-refractivity contribution is 0.0748. The number of carbonyl (C=O) groups excluding carboxylic acids is 1. The third-order valence-corrected chi connectivity index (χ3v) is 3.24. The lowest BCUT2D eigenvalue weighted by Crippen LogP contribution is -2.37. The smallest absolute Gasteiger partial charge is 0.254 e. The second kappa shape index (κ2) is 4.97. The lowest BCUT2D eigenvalue weighted by atomic mass is 10.2. The molecule has 16 heavy (non-hydrogen) atoms. The summed E-state index contributed by atoms with van der Waals surface area (Å²) in [7, 11) is 0. The monoisotopic (exact) mass is 282 g/mol. The molecule has 3 nitrogen and oxygen atoms in total. The number of carbonyl (C=O) groups is 1. The molecule has 1 saturated carbocycles. The molecule has 1 aromatic rings. The SMILES string of the molecule is NCCN(C(=O)c1ccc(Br)cc1)C1CC1. The summed E-state index contributed by atoms with van der Waals surface area (Å²) in [5.74, 6) is 0.0976. The molecule has 1 fully saturated rings. The van der Waals surface area contributed by atoms with Crippen LogP contribution in [0, 0.1) is 0 Å². The Balaban J connectivity index is 2.12. The molecule has 0 saturated heterocycles. The predicted octanol–water partition coefficient (Wildman–Crippen LogP) is 2.01. The van der Waals surface area contributed by atoms with Gasteiger partial charge in [0.05, 0.1) is 0 Å². The van der Waals surface area contributed by atoms with Crippen LogP contribution in [0.25, 0.3) is 0 Å². The number of nitrogens with zero attached hydrogens (tertiary/aromatic N) is 1. The van der Waals surface area contributed by atoms with Crippen LogP contribution < -0.4 is 5.73 Å². The van der Waals surface area contributed by atoms with Gasteiger partial charge in [-0.1, -0.05) is 15.9 Å². The molecule has 2 N–H and O–H groups in total. The summed E-state index contributed by atoms with van der Waals surface area (Å²) in [6.45, 7) is 1.18. The standard InChI is InChI=1S/C12H15BrN2O/c13-10-3-1-9(2-4-10)12(16)15(8-7-14)11-5-6-11/h1-4,11H,5-8,14H2. The van der Waals surface area contributed by atoms with E-state index in [4.69, 9.17) is 5.73 Å². The van der Waals surface area contributed by atoms with E-state index < -0.39 is 0 Å². The first kappa shape index (κ1) is 11.6. The van der Waals surface area contributed by atoms with Gasteiger partial charge in [-0.05, 0) is 37.1 Å². The van der Waals surface area contributed by atoms with E-state index in [9.17, 15) is 4.79 Å². The highest BCUT2D eigenvalue weighted by Crippen LogP contribution is 2.28. The van der Waals surface area contributed by atoms with Crippen molar-refractivity contribution in [1.82, 2.24) is 4.90 Å². The molecule has 0 unspecified atom stereocenters. The van der Waals surface area contributed by atoms with Crippen molar-refractivity contribution in [3.63, 3.8) is 0 Å². The Morgan fingerprint density at radius 3 is 2.50 bits per heavy atom. The highest BCUT2D eigenvalue weighted by Gasteiger charge is 2.32. The minimum absolute atomic E-state index is 0.0976. The summed E-state index contributed by atoms with van der Waals surface area (Å²) >= 11 is 3.36. The van der Waals surface area contributed by atoms with Crippen molar-refractivity contribution in [2.45, 2.75) is 18.9 Å². The molecule has 1 aliphatic carbocycles. The summed E-state index contributed by atoms with van der Waals surface area (Å²) in [6, 6.07) is 7.89. The zero-order valence-electron chi connectivity index (χ0n) is 9.03. The van der Waals surface area contributed by atoms with E-state index in [1.807, 2.05) is 29.2 Å². The predicted molar refractivity (Wildman–Crippen MR) is 67.3 cm³/mol. The van der Waals surface area contributed by atoms with Crippen LogP contribution in [-0.2, 0) is 0 Å². The molecule has 0 atom stereocenters. The number of amides is 1. The Labute approximate surface area is 104 Å². The van der Waals surface area contributed by atoms with E-state index in [-0.39, 0.29) is 5.91 Å². The molecule has 1 aromatic carbocycles. The maximum atomic E-state index is 12.2. The van der Waals surface area contributed by atoms with Gasteiger partial charge in [0.1, 0.15) is 0 Å². The molecule has 0 aliphatic heterocycles. The largest absolute Gasteiger partial charge is 0.334 e. The number of nitrogens with two attached hydrogens (primary N) is 1. The molecule has 0 radical (unpaired) electrons. The summed E-state index contributed by atoms with van der Waals surface area (Å²) in [4.78, 5) is 14.1. The maximum Gasteiger partial charge on any atom is 0.254 e. The Hall–Kier alpha value is -0.870. The normalized spacial score (nSPS) is 14.9. The lowest BCUT2D eigenvalue weighted by Gasteiger charge is -2.21. The molecular weight excluding hydrogens is 268 g/mol. The van der Waals surface area contributed by atoms with Gasteiger partial charge < -0.3 is 10.6 Å². The van der Waals surface area contributed by atoms with Crippen LogP contribution in [0.15, 0.2) is 28.7 Å². The summed E-state index contributed by atoms with van der Waals surface area (Å²) < 4.78 is 0.987. The van der Waals surface area contributed by atoms with Crippen LogP contribution >= 0.6 is 15.9 Å². The third kappa shape index (κ3) is 2.62. The van der Waals surface area contributed by atoms with Crippen LogP contribution in [0.1, 0.15) is 23.2 Å². The Morgan fingerprint density at radius 1 is 1.38 bits per heavy atom. The highest BCUT2D eigenvalue weighted by atomic mass is 79.9. The molecule has 86 valence electrons. The van der Waals surface area contributed by atoms with E-state index >= 15 is 0 Å². The van der Waals surface area contributed by atoms with Crippen molar-refractivity contribution in [2.24, 2.45) is 5.73 Å². The van der Waals surface area contributed by atoms with E-state index in [1.165, 1.54) is 0 Å². The number of rotatable bonds is 4. The van der Waals surface area contributed by atoms with Gasteiger partial charge in [-0.2, -0.15) is 0 Å². The van der Waals surface area contributed by atoms with Gasteiger partial charge in [0.2, 0.25) is 0 Å². The Bertz CT molecular complexity index is 373. The number of hydrogen-bond donors (Lipinski definition) is 1. The molecule has 1 amide bonds. The second-order valence-electron chi connectivity index (χ2n) is 4.03. The van der Waals surface area contributed by atoms with Crippen molar-refractivity contribution < 1.29 is 4.79 Å². The van der Waals surface area contributed by atoms with Crippen molar-refractivity contribution in [2.75, 3.05) is 13.1 Å². The van der Waals surface area contributed by atoms with Gasteiger partial charge in [0.15, 0.2) is 0 Å². The molecule has 0 bridgehead atoms. The summed E-state index contributed by atoms with van der Waals surface area (Å²) in [6.07, 6.45) is 2.23. The van der Waals surface area contributed by atoms with Crippen LogP contribution in [0.3, 0.4) is 0 Å². The zero-order chi connectivity index (χ0) is 11.5. The average molecular weight is 283 g/mol. The fourth-order valence-corrected chi connectivity index (χ4v) is 2.00. The van der Waals surface area contributed by atoms with E-state index in [1.54, 1.807) is 0 Å². The Morgan fingerprint density at radius 2 is 2.00 bits per heavy atom. The van der Waals surface area contributed by atoms with E-state index in [2.05, 4.69) is 15.9 Å². The quantitative estimate of drug-likeness (QED) is 0.918. The maximum absolute atomic E-state index is 12.2. The topological polar surface area (TPSA) is 46.3 Å². The Kier molecular flexibility index (Phi) is 3.61. The van der Waals surface area contributed by atoms with Crippen molar-refractivity contribution in [3.8, 4) is 0 Å². The van der Waals surface area contributed by atoms with Gasteiger partial charge in [-0.15, -0.1) is 0 Å². The first-order valence-electron chi connectivity index (χ1n) is 5.49. The first-order valence-corrected chi connectivity index (χ1v) is 6.28. The van der Waals surface area contributed by atoms with Crippen molar-refractivity contribution in [3.05, 3.63) is 34.3 Å². The molecule has 1 aliphatic rings. The summed E-state index contributed by atoms with van der Waals surface area (Å²) in [5, 5.41) is 0. The third-order valence-electron chi connectivity index (χ3n) is 2.71. The number of benzene rings is 1. The van der Waals surface area contributed by atoms with Crippen LogP contribution in [0.2, 0.25) is 0 Å². The number of halogens is 1. The van der Waals surface area contributed by atoms with Crippen molar-refractivity contribution in [1.29, 1.82) is 0 Å². The van der Waals surface area contributed by atoms with Crippen LogP contribution in [0.4, 0.5) is 0 Å². The van der Waals surface area contributed by atoms with Crippen LogP contribution in [-0.4, -0.2) is 29.9 Å². The van der Waals surface area contributed by atoms with E-state index in [0.29, 0.717) is 19.1 Å². The van der Waals surface area contributed by atoms with Gasteiger partial charge >= 0.3 is 0 Å². The second-order valence-corrected chi connectivity index (χ2v) is 4.94. The molecule has 4 heteroatoms. The van der Waals surface area contributed by atoms with Gasteiger partial charge in [-0.3, -0.25) is 4.79 Å². The van der Waals surface area contributed by atoms with Gasteiger partial charge in [0, 0.05) is 29.2 Å². The zero-order valence-corrected chi connectivity index (χ0v) is 10.6.